The van der Waals surface area contributed by atoms with Gasteiger partial charge >= 0.3 is 0 Å². The molecule has 0 radical (unpaired) electrons. The molecule has 0 unspecified atom stereocenters. The third kappa shape index (κ3) is 3.97. The summed E-state index contributed by atoms with van der Waals surface area (Å²) in [4.78, 5) is 2.39. The van der Waals surface area contributed by atoms with E-state index in [0.29, 0.717) is 0 Å². The lowest BCUT2D eigenvalue weighted by Gasteiger charge is -2.32. The average molecular weight is 336 g/mol. The molecular formula is C16H22BrN3. The minimum atomic E-state index is 0.734. The average Bonchev–Trinajstić information content (AvgIpc) is 2.48. The minimum absolute atomic E-state index is 0.734. The maximum Gasteiger partial charge on any atom is 0.101 e. The molecule has 20 heavy (non-hydrogen) atoms. The lowest BCUT2D eigenvalue weighted by molar-refractivity contribution is 0.373. The number of anilines is 1. The van der Waals surface area contributed by atoms with E-state index >= 15 is 0 Å². The van der Waals surface area contributed by atoms with Crippen LogP contribution in [0.2, 0.25) is 0 Å². The van der Waals surface area contributed by atoms with Gasteiger partial charge in [0.15, 0.2) is 0 Å². The SMILES string of the molecule is CCCN(CC1CCNCC1)c1ccc(Br)cc1C#N. The molecule has 3 nitrogen and oxygen atoms in total. The van der Waals surface area contributed by atoms with Crippen LogP contribution in [0.4, 0.5) is 5.69 Å². The molecule has 1 aromatic carbocycles. The van der Waals surface area contributed by atoms with E-state index in [1.165, 1.54) is 12.8 Å². The molecule has 2 rings (SSSR count). The monoisotopic (exact) mass is 335 g/mol. The first-order valence-electron chi connectivity index (χ1n) is 7.40. The second-order valence-electron chi connectivity index (χ2n) is 5.41. The topological polar surface area (TPSA) is 39.1 Å². The van der Waals surface area contributed by atoms with Crippen LogP contribution in [-0.2, 0) is 0 Å². The molecule has 1 aliphatic rings. The van der Waals surface area contributed by atoms with Gasteiger partial charge in [0.1, 0.15) is 6.07 Å². The van der Waals surface area contributed by atoms with Crippen molar-refractivity contribution in [1.82, 2.24) is 5.32 Å². The molecule has 1 saturated heterocycles. The summed E-state index contributed by atoms with van der Waals surface area (Å²) < 4.78 is 0.969. The van der Waals surface area contributed by atoms with E-state index in [1.54, 1.807) is 0 Å². The summed E-state index contributed by atoms with van der Waals surface area (Å²) in [5.74, 6) is 0.734. The number of hydrogen-bond donors (Lipinski definition) is 1. The van der Waals surface area contributed by atoms with Crippen LogP contribution in [0.15, 0.2) is 22.7 Å². The zero-order valence-corrected chi connectivity index (χ0v) is 13.6. The van der Waals surface area contributed by atoms with E-state index in [1.807, 2.05) is 12.1 Å². The van der Waals surface area contributed by atoms with Crippen LogP contribution < -0.4 is 10.2 Å². The van der Waals surface area contributed by atoms with Gasteiger partial charge in [0.2, 0.25) is 0 Å². The number of hydrogen-bond acceptors (Lipinski definition) is 3. The summed E-state index contributed by atoms with van der Waals surface area (Å²) in [6.45, 7) is 6.51. The van der Waals surface area contributed by atoms with E-state index in [2.05, 4.69) is 45.2 Å². The molecule has 1 heterocycles. The van der Waals surface area contributed by atoms with Crippen LogP contribution in [0.5, 0.6) is 0 Å². The van der Waals surface area contributed by atoms with Gasteiger partial charge < -0.3 is 10.2 Å². The molecule has 0 amide bonds. The largest absolute Gasteiger partial charge is 0.370 e. The van der Waals surface area contributed by atoms with Gasteiger partial charge in [-0.15, -0.1) is 0 Å². The lowest BCUT2D eigenvalue weighted by atomic mass is 9.97. The Labute approximate surface area is 130 Å². The fraction of sp³-hybridized carbons (Fsp3) is 0.562. The summed E-state index contributed by atoms with van der Waals surface area (Å²) >= 11 is 3.45. The van der Waals surface area contributed by atoms with E-state index in [9.17, 15) is 5.26 Å². The van der Waals surface area contributed by atoms with Gasteiger partial charge in [0.05, 0.1) is 11.3 Å². The van der Waals surface area contributed by atoms with Crippen molar-refractivity contribution in [3.05, 3.63) is 28.2 Å². The standard InChI is InChI=1S/C16H22BrN3/c1-2-9-20(12-13-5-7-19-8-6-13)16-4-3-15(17)10-14(16)11-18/h3-4,10,13,19H,2,5-9,12H2,1H3. The van der Waals surface area contributed by atoms with Crippen LogP contribution in [0.3, 0.4) is 0 Å². The molecule has 0 aliphatic carbocycles. The fourth-order valence-corrected chi connectivity index (χ4v) is 3.19. The predicted octanol–water partition coefficient (Wildman–Crippen LogP) is 3.54. The highest BCUT2D eigenvalue weighted by Gasteiger charge is 2.18. The second kappa shape index (κ2) is 7.66. The van der Waals surface area contributed by atoms with E-state index in [0.717, 1.165) is 54.2 Å². The molecule has 1 N–H and O–H groups in total. The highest BCUT2D eigenvalue weighted by Crippen LogP contribution is 2.26. The highest BCUT2D eigenvalue weighted by molar-refractivity contribution is 9.10. The van der Waals surface area contributed by atoms with E-state index < -0.39 is 0 Å². The number of halogens is 1. The maximum absolute atomic E-state index is 9.36. The Morgan fingerprint density at radius 3 is 2.80 bits per heavy atom. The molecule has 1 aromatic rings. The van der Waals surface area contributed by atoms with Crippen LogP contribution >= 0.6 is 15.9 Å². The first kappa shape index (κ1) is 15.3. The summed E-state index contributed by atoms with van der Waals surface area (Å²) in [5.41, 5.74) is 1.85. The van der Waals surface area contributed by atoms with Crippen molar-refractivity contribution in [1.29, 1.82) is 5.26 Å². The Hall–Kier alpha value is -1.05. The van der Waals surface area contributed by atoms with E-state index in [-0.39, 0.29) is 0 Å². The molecular weight excluding hydrogens is 314 g/mol. The molecule has 0 aromatic heterocycles. The third-order valence-corrected chi connectivity index (χ3v) is 4.34. The molecule has 4 heteroatoms. The van der Waals surface area contributed by atoms with Crippen LogP contribution in [0, 0.1) is 17.2 Å². The molecule has 0 bridgehead atoms. The smallest absolute Gasteiger partial charge is 0.101 e. The van der Waals surface area contributed by atoms with Crippen molar-refractivity contribution >= 4 is 21.6 Å². The van der Waals surface area contributed by atoms with Crippen molar-refractivity contribution in [3.63, 3.8) is 0 Å². The number of benzene rings is 1. The molecule has 108 valence electrons. The quantitative estimate of drug-likeness (QED) is 0.894. The third-order valence-electron chi connectivity index (χ3n) is 3.85. The second-order valence-corrected chi connectivity index (χ2v) is 6.33. The Bertz CT molecular complexity index is 475. The predicted molar refractivity (Wildman–Crippen MR) is 87.0 cm³/mol. The van der Waals surface area contributed by atoms with Gasteiger partial charge in [0.25, 0.3) is 0 Å². The van der Waals surface area contributed by atoms with Crippen molar-refractivity contribution in [3.8, 4) is 6.07 Å². The normalized spacial score (nSPS) is 15.8. The van der Waals surface area contributed by atoms with Gasteiger partial charge in [-0.1, -0.05) is 22.9 Å². The maximum atomic E-state index is 9.36. The Morgan fingerprint density at radius 2 is 2.15 bits per heavy atom. The Balaban J connectivity index is 2.17. The number of nitrogens with zero attached hydrogens (tertiary/aromatic N) is 2. The summed E-state index contributed by atoms with van der Waals surface area (Å²) in [6, 6.07) is 8.34. The molecule has 0 atom stereocenters. The highest BCUT2D eigenvalue weighted by atomic mass is 79.9. The molecule has 1 fully saturated rings. The van der Waals surface area contributed by atoms with Crippen LogP contribution in [-0.4, -0.2) is 26.2 Å². The number of piperidine rings is 1. The van der Waals surface area contributed by atoms with Gasteiger partial charge in [-0.25, -0.2) is 0 Å². The van der Waals surface area contributed by atoms with E-state index in [4.69, 9.17) is 0 Å². The van der Waals surface area contributed by atoms with Gasteiger partial charge in [-0.2, -0.15) is 5.26 Å². The van der Waals surface area contributed by atoms with Crippen molar-refractivity contribution in [2.75, 3.05) is 31.1 Å². The van der Waals surface area contributed by atoms with Gasteiger partial charge in [-0.05, 0) is 56.5 Å². The van der Waals surface area contributed by atoms with Crippen LogP contribution in [0.25, 0.3) is 0 Å². The van der Waals surface area contributed by atoms with Crippen LogP contribution in [0.1, 0.15) is 31.7 Å². The van der Waals surface area contributed by atoms with Gasteiger partial charge in [-0.3, -0.25) is 0 Å². The minimum Gasteiger partial charge on any atom is -0.370 e. The Morgan fingerprint density at radius 1 is 1.40 bits per heavy atom. The fourth-order valence-electron chi connectivity index (χ4n) is 2.83. The first-order valence-corrected chi connectivity index (χ1v) is 8.19. The molecule has 0 spiro atoms. The number of nitrogens with one attached hydrogen (secondary N) is 1. The zero-order valence-electron chi connectivity index (χ0n) is 12.0. The first-order chi connectivity index (χ1) is 9.74. The van der Waals surface area contributed by atoms with Gasteiger partial charge in [0, 0.05) is 17.6 Å². The Kier molecular flexibility index (Phi) is 5.87. The molecule has 1 aliphatic heterocycles. The summed E-state index contributed by atoms with van der Waals surface area (Å²) in [5, 5.41) is 12.8. The van der Waals surface area contributed by atoms with Crippen molar-refractivity contribution in [2.24, 2.45) is 5.92 Å². The lowest BCUT2D eigenvalue weighted by Crippen LogP contribution is -2.37. The zero-order chi connectivity index (χ0) is 14.4. The summed E-state index contributed by atoms with van der Waals surface area (Å²) in [6.07, 6.45) is 3.57. The number of nitriles is 1. The summed E-state index contributed by atoms with van der Waals surface area (Å²) in [7, 11) is 0. The van der Waals surface area contributed by atoms with Crippen molar-refractivity contribution in [2.45, 2.75) is 26.2 Å². The number of rotatable bonds is 5. The van der Waals surface area contributed by atoms with Crippen molar-refractivity contribution < 1.29 is 0 Å². The molecule has 0 saturated carbocycles.